The molecule has 0 bridgehead atoms. The van der Waals surface area contributed by atoms with E-state index in [9.17, 15) is 4.79 Å². The maximum atomic E-state index is 13.0. The number of rotatable bonds is 2. The van der Waals surface area contributed by atoms with E-state index >= 15 is 0 Å². The van der Waals surface area contributed by atoms with Gasteiger partial charge >= 0.3 is 0 Å². The molecule has 0 radical (unpaired) electrons. The minimum atomic E-state index is 0. The van der Waals surface area contributed by atoms with Crippen LogP contribution >= 0.6 is 12.4 Å². The zero-order chi connectivity index (χ0) is 15.9. The SMILES string of the molecule is CNC1CCCN(C(=O)c2c(C)nn3c(C)cc(C)nc23)C1.Cl. The van der Waals surface area contributed by atoms with Crippen molar-refractivity contribution in [3.63, 3.8) is 0 Å². The molecular weight excluding hydrogens is 314 g/mol. The van der Waals surface area contributed by atoms with Gasteiger partial charge in [0.25, 0.3) is 5.91 Å². The number of hydrogen-bond donors (Lipinski definition) is 1. The van der Waals surface area contributed by atoms with Gasteiger partial charge in [0.05, 0.1) is 5.69 Å². The zero-order valence-electron chi connectivity index (χ0n) is 14.1. The Bertz CT molecular complexity index is 727. The normalized spacial score (nSPS) is 18.1. The molecule has 7 heteroatoms. The van der Waals surface area contributed by atoms with E-state index in [4.69, 9.17) is 0 Å². The molecule has 6 nitrogen and oxygen atoms in total. The molecule has 1 aliphatic rings. The highest BCUT2D eigenvalue weighted by Gasteiger charge is 2.28. The Kier molecular flexibility index (Phi) is 5.26. The summed E-state index contributed by atoms with van der Waals surface area (Å²) in [7, 11) is 1.95. The molecule has 2 aromatic heterocycles. The van der Waals surface area contributed by atoms with Crippen molar-refractivity contribution in [3.05, 3.63) is 28.7 Å². The number of fused-ring (bicyclic) bond motifs is 1. The lowest BCUT2D eigenvalue weighted by molar-refractivity contribution is 0.0699. The number of carbonyl (C=O) groups excluding carboxylic acids is 1. The Labute approximate surface area is 142 Å². The molecule has 1 unspecified atom stereocenters. The van der Waals surface area contributed by atoms with Crippen molar-refractivity contribution in [1.29, 1.82) is 0 Å². The monoisotopic (exact) mass is 337 g/mol. The number of likely N-dealkylation sites (N-methyl/N-ethyl adjacent to an activating group) is 1. The number of hydrogen-bond acceptors (Lipinski definition) is 4. The van der Waals surface area contributed by atoms with Crippen LogP contribution in [-0.4, -0.2) is 51.6 Å². The van der Waals surface area contributed by atoms with Gasteiger partial charge in [0.15, 0.2) is 5.65 Å². The molecule has 3 heterocycles. The predicted molar refractivity (Wildman–Crippen MR) is 92.4 cm³/mol. The number of aryl methyl sites for hydroxylation is 3. The minimum Gasteiger partial charge on any atom is -0.337 e. The number of nitrogens with one attached hydrogen (secondary N) is 1. The van der Waals surface area contributed by atoms with Gasteiger partial charge in [-0.05, 0) is 46.7 Å². The van der Waals surface area contributed by atoms with Crippen LogP contribution in [0, 0.1) is 20.8 Å². The smallest absolute Gasteiger partial charge is 0.259 e. The Balaban J connectivity index is 0.00000192. The fourth-order valence-corrected chi connectivity index (χ4v) is 3.23. The van der Waals surface area contributed by atoms with E-state index in [1.807, 2.05) is 38.8 Å². The number of nitrogens with zero attached hydrogens (tertiary/aromatic N) is 4. The number of carbonyl (C=O) groups is 1. The van der Waals surface area contributed by atoms with Crippen LogP contribution in [0.2, 0.25) is 0 Å². The summed E-state index contributed by atoms with van der Waals surface area (Å²) in [5.74, 6) is 0.0463. The number of amides is 1. The largest absolute Gasteiger partial charge is 0.337 e. The van der Waals surface area contributed by atoms with Crippen molar-refractivity contribution in [3.8, 4) is 0 Å². The van der Waals surface area contributed by atoms with E-state index in [1.54, 1.807) is 4.52 Å². The van der Waals surface area contributed by atoms with Crippen molar-refractivity contribution >= 4 is 24.0 Å². The Hall–Kier alpha value is -1.66. The van der Waals surface area contributed by atoms with E-state index in [0.717, 1.165) is 43.0 Å². The molecule has 1 fully saturated rings. The summed E-state index contributed by atoms with van der Waals surface area (Å²) in [6, 6.07) is 2.35. The molecule has 2 aromatic rings. The van der Waals surface area contributed by atoms with Crippen molar-refractivity contribution in [1.82, 2.24) is 24.8 Å². The second-order valence-electron chi connectivity index (χ2n) is 6.11. The molecule has 1 atom stereocenters. The third kappa shape index (κ3) is 3.19. The van der Waals surface area contributed by atoms with Gasteiger partial charge in [0.1, 0.15) is 5.56 Å². The summed E-state index contributed by atoms with van der Waals surface area (Å²) in [5.41, 5.74) is 3.97. The second-order valence-corrected chi connectivity index (χ2v) is 6.11. The van der Waals surface area contributed by atoms with E-state index in [2.05, 4.69) is 15.4 Å². The molecule has 1 aliphatic heterocycles. The number of piperidine rings is 1. The highest BCUT2D eigenvalue weighted by Crippen LogP contribution is 2.20. The maximum absolute atomic E-state index is 13.0. The third-order valence-electron chi connectivity index (χ3n) is 4.40. The molecule has 23 heavy (non-hydrogen) atoms. The average molecular weight is 338 g/mol. The standard InChI is InChI=1S/C16H23N5O.ClH/c1-10-8-11(2)21-15(18-10)14(12(3)19-21)16(22)20-7-5-6-13(9-20)17-4;/h8,13,17H,5-7,9H2,1-4H3;1H. The van der Waals surface area contributed by atoms with Crippen LogP contribution in [0.3, 0.4) is 0 Å². The molecule has 0 saturated carbocycles. The lowest BCUT2D eigenvalue weighted by atomic mass is 10.0. The fourth-order valence-electron chi connectivity index (χ4n) is 3.23. The molecule has 1 amide bonds. The second kappa shape index (κ2) is 6.84. The Morgan fingerprint density at radius 3 is 2.78 bits per heavy atom. The van der Waals surface area contributed by atoms with E-state index in [-0.39, 0.29) is 18.3 Å². The van der Waals surface area contributed by atoms with Crippen LogP contribution in [0.4, 0.5) is 0 Å². The minimum absolute atomic E-state index is 0. The van der Waals surface area contributed by atoms with Gasteiger partial charge < -0.3 is 10.2 Å². The van der Waals surface area contributed by atoms with Crippen LogP contribution < -0.4 is 5.32 Å². The third-order valence-corrected chi connectivity index (χ3v) is 4.40. The number of aromatic nitrogens is 3. The summed E-state index contributed by atoms with van der Waals surface area (Å²) in [6.07, 6.45) is 2.14. The number of likely N-dealkylation sites (tertiary alicyclic amines) is 1. The van der Waals surface area contributed by atoms with Crippen molar-refractivity contribution in [2.45, 2.75) is 39.7 Å². The van der Waals surface area contributed by atoms with Crippen LogP contribution in [0.5, 0.6) is 0 Å². The number of halogens is 1. The fraction of sp³-hybridized carbons (Fsp3) is 0.562. The van der Waals surface area contributed by atoms with E-state index in [1.165, 1.54) is 0 Å². The van der Waals surface area contributed by atoms with Crippen molar-refractivity contribution in [2.24, 2.45) is 0 Å². The van der Waals surface area contributed by atoms with Crippen molar-refractivity contribution < 1.29 is 4.79 Å². The van der Waals surface area contributed by atoms with Gasteiger partial charge in [-0.2, -0.15) is 5.10 Å². The maximum Gasteiger partial charge on any atom is 0.259 e. The zero-order valence-corrected chi connectivity index (χ0v) is 14.9. The molecule has 0 aliphatic carbocycles. The highest BCUT2D eigenvalue weighted by atomic mass is 35.5. The summed E-state index contributed by atoms with van der Waals surface area (Å²) in [4.78, 5) is 19.5. The Morgan fingerprint density at radius 2 is 2.09 bits per heavy atom. The first-order chi connectivity index (χ1) is 10.5. The summed E-state index contributed by atoms with van der Waals surface area (Å²) in [6.45, 7) is 7.37. The molecular formula is C16H24ClN5O. The van der Waals surface area contributed by atoms with Gasteiger partial charge in [0, 0.05) is 30.5 Å². The first-order valence-electron chi connectivity index (χ1n) is 7.81. The molecule has 126 valence electrons. The van der Waals surface area contributed by atoms with Crippen LogP contribution in [-0.2, 0) is 0 Å². The molecule has 3 rings (SSSR count). The van der Waals surface area contributed by atoms with Crippen LogP contribution in [0.15, 0.2) is 6.07 Å². The van der Waals surface area contributed by atoms with Gasteiger partial charge in [-0.25, -0.2) is 9.50 Å². The van der Waals surface area contributed by atoms with Crippen molar-refractivity contribution in [2.75, 3.05) is 20.1 Å². The van der Waals surface area contributed by atoms with Gasteiger partial charge in [-0.3, -0.25) is 4.79 Å². The summed E-state index contributed by atoms with van der Waals surface area (Å²) < 4.78 is 1.77. The first kappa shape index (κ1) is 17.7. The molecule has 0 spiro atoms. The summed E-state index contributed by atoms with van der Waals surface area (Å²) >= 11 is 0. The van der Waals surface area contributed by atoms with Gasteiger partial charge in [0.2, 0.25) is 0 Å². The van der Waals surface area contributed by atoms with E-state index in [0.29, 0.717) is 17.3 Å². The quantitative estimate of drug-likeness (QED) is 0.909. The predicted octanol–water partition coefficient (Wildman–Crippen LogP) is 1.90. The van der Waals surface area contributed by atoms with Crippen LogP contribution in [0.1, 0.15) is 40.3 Å². The first-order valence-corrected chi connectivity index (χ1v) is 7.81. The van der Waals surface area contributed by atoms with E-state index < -0.39 is 0 Å². The van der Waals surface area contributed by atoms with Gasteiger partial charge in [-0.15, -0.1) is 12.4 Å². The molecule has 1 N–H and O–H groups in total. The Morgan fingerprint density at radius 1 is 1.35 bits per heavy atom. The lowest BCUT2D eigenvalue weighted by Gasteiger charge is -2.32. The average Bonchev–Trinajstić information content (AvgIpc) is 2.83. The molecule has 0 aromatic carbocycles. The lowest BCUT2D eigenvalue weighted by Crippen LogP contribution is -2.47. The van der Waals surface area contributed by atoms with Gasteiger partial charge in [-0.1, -0.05) is 0 Å². The topological polar surface area (TPSA) is 62.5 Å². The molecule has 1 saturated heterocycles. The highest BCUT2D eigenvalue weighted by molar-refractivity contribution is 6.01. The summed E-state index contributed by atoms with van der Waals surface area (Å²) in [5, 5.41) is 7.77. The van der Waals surface area contributed by atoms with Crippen LogP contribution in [0.25, 0.3) is 5.65 Å².